The van der Waals surface area contributed by atoms with Crippen LogP contribution in [0.3, 0.4) is 0 Å². The molecule has 3 rings (SSSR count). The Hall–Kier alpha value is -3.00. The van der Waals surface area contributed by atoms with Crippen LogP contribution in [-0.2, 0) is 0 Å². The summed E-state index contributed by atoms with van der Waals surface area (Å²) in [5.41, 5.74) is 0.451. The van der Waals surface area contributed by atoms with Gasteiger partial charge < -0.3 is 0 Å². The summed E-state index contributed by atoms with van der Waals surface area (Å²) in [6, 6.07) is 11.7. The fourth-order valence-electron chi connectivity index (χ4n) is 2.16. The lowest BCUT2D eigenvalue weighted by Gasteiger charge is -2.14. The zero-order chi connectivity index (χ0) is 14.3. The highest BCUT2D eigenvalue weighted by Gasteiger charge is 2.37. The number of hydrogen-bond donors (Lipinski definition) is 0. The van der Waals surface area contributed by atoms with Gasteiger partial charge in [-0.15, -0.1) is 0 Å². The minimum atomic E-state index is -0.724. The Morgan fingerprint density at radius 3 is 2.15 bits per heavy atom. The van der Waals surface area contributed by atoms with E-state index in [0.717, 1.165) is 11.0 Å². The normalized spacial score (nSPS) is 13.3. The molecule has 2 aromatic rings. The van der Waals surface area contributed by atoms with Crippen molar-refractivity contribution in [1.82, 2.24) is 0 Å². The molecule has 0 unspecified atom stereocenters. The van der Waals surface area contributed by atoms with Crippen molar-refractivity contribution in [3.63, 3.8) is 0 Å². The van der Waals surface area contributed by atoms with Crippen molar-refractivity contribution < 1.29 is 14.0 Å². The Kier molecular flexibility index (Phi) is 2.58. The number of hydrogen-bond acceptors (Lipinski definition) is 3. The van der Waals surface area contributed by atoms with Crippen LogP contribution in [0.15, 0.2) is 42.5 Å². The zero-order valence-corrected chi connectivity index (χ0v) is 10.1. The van der Waals surface area contributed by atoms with Crippen LogP contribution >= 0.6 is 0 Å². The molecule has 0 radical (unpaired) electrons. The quantitative estimate of drug-likeness (QED) is 0.745. The molecular weight excluding hydrogens is 259 g/mol. The highest BCUT2D eigenvalue weighted by molar-refractivity contribution is 6.34. The summed E-state index contributed by atoms with van der Waals surface area (Å²) in [5.74, 6) is -1.89. The zero-order valence-electron chi connectivity index (χ0n) is 10.1. The number of anilines is 1. The fourth-order valence-corrected chi connectivity index (χ4v) is 2.16. The molecule has 5 heteroatoms. The molecule has 0 bridgehead atoms. The van der Waals surface area contributed by atoms with Crippen LogP contribution in [0.2, 0.25) is 0 Å². The Bertz CT molecular complexity index is 758. The lowest BCUT2D eigenvalue weighted by Crippen LogP contribution is -2.30. The van der Waals surface area contributed by atoms with Gasteiger partial charge in [0.05, 0.1) is 28.4 Å². The predicted molar refractivity (Wildman–Crippen MR) is 68.7 cm³/mol. The van der Waals surface area contributed by atoms with E-state index in [4.69, 9.17) is 5.26 Å². The van der Waals surface area contributed by atoms with Crippen LogP contribution in [0.1, 0.15) is 26.3 Å². The van der Waals surface area contributed by atoms with Crippen molar-refractivity contribution in [2.75, 3.05) is 4.90 Å². The standard InChI is InChI=1S/C15H7FN2O2/c16-12-6-5-9(8-17)7-13(12)18-14(19)10-3-1-2-4-11(10)15(18)20/h1-7H. The third-order valence-corrected chi connectivity index (χ3v) is 3.11. The highest BCUT2D eigenvalue weighted by atomic mass is 19.1. The summed E-state index contributed by atoms with van der Waals surface area (Å²) in [6.45, 7) is 0. The van der Waals surface area contributed by atoms with Crippen molar-refractivity contribution in [2.45, 2.75) is 0 Å². The first kappa shape index (κ1) is 12.1. The smallest absolute Gasteiger partial charge is 0.266 e. The molecular formula is C15H7FN2O2. The minimum absolute atomic E-state index is 0.179. The largest absolute Gasteiger partial charge is 0.268 e. The second-order valence-electron chi connectivity index (χ2n) is 4.27. The van der Waals surface area contributed by atoms with Crippen molar-refractivity contribution >= 4 is 17.5 Å². The van der Waals surface area contributed by atoms with Crippen molar-refractivity contribution in [3.05, 3.63) is 65.0 Å². The number of fused-ring (bicyclic) bond motifs is 1. The van der Waals surface area contributed by atoms with Crippen LogP contribution in [0.5, 0.6) is 0 Å². The maximum Gasteiger partial charge on any atom is 0.266 e. The molecule has 0 fully saturated rings. The summed E-state index contributed by atoms with van der Waals surface area (Å²) in [6.07, 6.45) is 0. The van der Waals surface area contributed by atoms with Crippen LogP contribution in [0.4, 0.5) is 10.1 Å². The van der Waals surface area contributed by atoms with Gasteiger partial charge >= 0.3 is 0 Å². The molecule has 0 N–H and O–H groups in total. The summed E-state index contributed by atoms with van der Waals surface area (Å²) in [7, 11) is 0. The molecule has 0 saturated heterocycles. The summed E-state index contributed by atoms with van der Waals surface area (Å²) >= 11 is 0. The fraction of sp³-hybridized carbons (Fsp3) is 0. The third kappa shape index (κ3) is 1.59. The molecule has 2 aromatic carbocycles. The molecule has 96 valence electrons. The molecule has 0 spiro atoms. The van der Waals surface area contributed by atoms with E-state index in [1.54, 1.807) is 12.1 Å². The van der Waals surface area contributed by atoms with Crippen molar-refractivity contribution in [1.29, 1.82) is 5.26 Å². The second-order valence-corrected chi connectivity index (χ2v) is 4.27. The second kappa shape index (κ2) is 4.28. The topological polar surface area (TPSA) is 61.2 Å². The maximum absolute atomic E-state index is 13.9. The van der Waals surface area contributed by atoms with E-state index < -0.39 is 17.6 Å². The number of nitriles is 1. The van der Waals surface area contributed by atoms with E-state index >= 15 is 0 Å². The average molecular weight is 266 g/mol. The molecule has 1 heterocycles. The Balaban J connectivity index is 2.17. The Labute approximate surface area is 113 Å². The number of imide groups is 1. The first-order valence-electron chi connectivity index (χ1n) is 5.81. The van der Waals surface area contributed by atoms with Gasteiger partial charge in [0.15, 0.2) is 0 Å². The Morgan fingerprint density at radius 2 is 1.60 bits per heavy atom. The Morgan fingerprint density at radius 1 is 1.00 bits per heavy atom. The summed E-state index contributed by atoms with van der Waals surface area (Å²) in [4.78, 5) is 25.2. The van der Waals surface area contributed by atoms with E-state index in [1.807, 2.05) is 6.07 Å². The minimum Gasteiger partial charge on any atom is -0.268 e. The highest BCUT2D eigenvalue weighted by Crippen LogP contribution is 2.30. The van der Waals surface area contributed by atoms with Gasteiger partial charge in [-0.1, -0.05) is 12.1 Å². The van der Waals surface area contributed by atoms with Gasteiger partial charge in [-0.3, -0.25) is 9.59 Å². The average Bonchev–Trinajstić information content (AvgIpc) is 2.72. The lowest BCUT2D eigenvalue weighted by atomic mass is 10.1. The summed E-state index contributed by atoms with van der Waals surface area (Å²) in [5, 5.41) is 8.84. The van der Waals surface area contributed by atoms with Gasteiger partial charge in [-0.25, -0.2) is 9.29 Å². The molecule has 1 aliphatic rings. The maximum atomic E-state index is 13.9. The monoisotopic (exact) mass is 266 g/mol. The van der Waals surface area contributed by atoms with Crippen LogP contribution in [0.25, 0.3) is 0 Å². The SMILES string of the molecule is N#Cc1ccc(F)c(N2C(=O)c3ccccc3C2=O)c1. The molecule has 0 saturated carbocycles. The third-order valence-electron chi connectivity index (χ3n) is 3.11. The molecule has 2 amide bonds. The molecule has 4 nitrogen and oxygen atoms in total. The van der Waals surface area contributed by atoms with E-state index in [1.165, 1.54) is 24.3 Å². The number of carbonyl (C=O) groups excluding carboxylic acids is 2. The first-order chi connectivity index (χ1) is 9.63. The van der Waals surface area contributed by atoms with Gasteiger partial charge in [0.2, 0.25) is 0 Å². The van der Waals surface area contributed by atoms with E-state index in [-0.39, 0.29) is 22.4 Å². The molecule has 20 heavy (non-hydrogen) atoms. The number of benzene rings is 2. The number of rotatable bonds is 1. The van der Waals surface area contributed by atoms with Crippen LogP contribution in [0, 0.1) is 17.1 Å². The molecule has 0 atom stereocenters. The van der Waals surface area contributed by atoms with E-state index in [9.17, 15) is 14.0 Å². The number of nitrogens with zero attached hydrogens (tertiary/aromatic N) is 2. The van der Waals surface area contributed by atoms with Gasteiger partial charge in [-0.05, 0) is 30.3 Å². The number of amides is 2. The first-order valence-corrected chi connectivity index (χ1v) is 5.81. The molecule has 0 aromatic heterocycles. The van der Waals surface area contributed by atoms with Gasteiger partial charge in [0.25, 0.3) is 11.8 Å². The van der Waals surface area contributed by atoms with E-state index in [2.05, 4.69) is 0 Å². The van der Waals surface area contributed by atoms with Gasteiger partial charge in [0, 0.05) is 0 Å². The van der Waals surface area contributed by atoms with E-state index in [0.29, 0.717) is 0 Å². The lowest BCUT2D eigenvalue weighted by molar-refractivity contribution is 0.0925. The van der Waals surface area contributed by atoms with Crippen LogP contribution in [-0.4, -0.2) is 11.8 Å². The van der Waals surface area contributed by atoms with Crippen molar-refractivity contribution in [3.8, 4) is 6.07 Å². The predicted octanol–water partition coefficient (Wildman–Crippen LogP) is 2.50. The van der Waals surface area contributed by atoms with Crippen LogP contribution < -0.4 is 4.90 Å². The van der Waals surface area contributed by atoms with Gasteiger partial charge in [0.1, 0.15) is 5.82 Å². The summed E-state index contributed by atoms with van der Waals surface area (Å²) < 4.78 is 13.9. The molecule has 0 aliphatic carbocycles. The molecule has 1 aliphatic heterocycles. The number of carbonyl (C=O) groups is 2. The van der Waals surface area contributed by atoms with Crippen molar-refractivity contribution in [2.24, 2.45) is 0 Å². The van der Waals surface area contributed by atoms with Gasteiger partial charge in [-0.2, -0.15) is 5.26 Å². The number of halogens is 1.